The van der Waals surface area contributed by atoms with Gasteiger partial charge in [0.25, 0.3) is 0 Å². The second kappa shape index (κ2) is 6.63. The molecule has 0 aliphatic rings. The lowest BCUT2D eigenvalue weighted by molar-refractivity contribution is 0.0526. The summed E-state index contributed by atoms with van der Waals surface area (Å²) in [6.07, 6.45) is 0. The summed E-state index contributed by atoms with van der Waals surface area (Å²) in [4.78, 5) is 12.8. The lowest BCUT2D eigenvalue weighted by Crippen LogP contribution is -2.07. The summed E-state index contributed by atoms with van der Waals surface area (Å²) >= 11 is 7.38. The fraction of sp³-hybridized carbons (Fsp3) is 0.214. The molecule has 0 amide bonds. The summed E-state index contributed by atoms with van der Waals surface area (Å²) in [7, 11) is 0. The van der Waals surface area contributed by atoms with Crippen molar-refractivity contribution in [2.75, 3.05) is 17.7 Å². The number of hydrogen-bond donors (Lipinski definition) is 2. The number of esters is 1. The van der Waals surface area contributed by atoms with Gasteiger partial charge in [-0.2, -0.15) is 0 Å². The number of nitrogens with two attached hydrogens (primary N) is 1. The highest BCUT2D eigenvalue weighted by Crippen LogP contribution is 2.25. The van der Waals surface area contributed by atoms with Crippen molar-refractivity contribution in [1.29, 1.82) is 0 Å². The van der Waals surface area contributed by atoms with E-state index >= 15 is 0 Å². The minimum atomic E-state index is -0.352. The summed E-state index contributed by atoms with van der Waals surface area (Å²) < 4.78 is 5.71. The van der Waals surface area contributed by atoms with Crippen molar-refractivity contribution in [3.05, 3.63) is 45.1 Å². The molecule has 0 atom stereocenters. The number of halogens is 1. The fourth-order valence-corrected chi connectivity index (χ4v) is 2.71. The zero-order chi connectivity index (χ0) is 14.5. The van der Waals surface area contributed by atoms with E-state index in [4.69, 9.17) is 22.1 Å². The second-order valence-electron chi connectivity index (χ2n) is 4.08. The SMILES string of the molecule is CCOC(=O)c1ccc(N)c(NCc2ccc(Cl)s2)c1. The molecule has 0 fully saturated rings. The molecule has 2 rings (SSSR count). The minimum Gasteiger partial charge on any atom is -0.462 e. The Labute approximate surface area is 126 Å². The van der Waals surface area contributed by atoms with E-state index in [1.54, 1.807) is 25.1 Å². The maximum absolute atomic E-state index is 11.7. The lowest BCUT2D eigenvalue weighted by Gasteiger charge is -2.10. The molecule has 0 saturated carbocycles. The van der Waals surface area contributed by atoms with Gasteiger partial charge in [0, 0.05) is 11.4 Å². The van der Waals surface area contributed by atoms with Gasteiger partial charge in [0.2, 0.25) is 0 Å². The van der Waals surface area contributed by atoms with E-state index in [9.17, 15) is 4.79 Å². The van der Waals surface area contributed by atoms with Gasteiger partial charge in [-0.25, -0.2) is 4.79 Å². The maximum atomic E-state index is 11.7. The molecule has 1 heterocycles. The van der Waals surface area contributed by atoms with Gasteiger partial charge in [0.05, 0.1) is 27.9 Å². The Morgan fingerprint density at radius 1 is 1.40 bits per heavy atom. The van der Waals surface area contributed by atoms with Crippen molar-refractivity contribution in [2.24, 2.45) is 0 Å². The number of carbonyl (C=O) groups excluding carboxylic acids is 1. The van der Waals surface area contributed by atoms with E-state index < -0.39 is 0 Å². The highest BCUT2D eigenvalue weighted by atomic mass is 35.5. The number of nitrogen functional groups attached to an aromatic ring is 1. The zero-order valence-corrected chi connectivity index (χ0v) is 12.6. The van der Waals surface area contributed by atoms with E-state index in [-0.39, 0.29) is 5.97 Å². The standard InChI is InChI=1S/C14H15ClN2O2S/c1-2-19-14(18)9-3-5-11(16)12(7-9)17-8-10-4-6-13(15)20-10/h3-7,17H,2,8,16H2,1H3. The van der Waals surface area contributed by atoms with Crippen LogP contribution in [-0.2, 0) is 11.3 Å². The average Bonchev–Trinajstić information content (AvgIpc) is 2.84. The largest absolute Gasteiger partial charge is 0.462 e. The Morgan fingerprint density at radius 3 is 2.85 bits per heavy atom. The highest BCUT2D eigenvalue weighted by Gasteiger charge is 2.09. The Kier molecular flexibility index (Phi) is 4.87. The van der Waals surface area contributed by atoms with Crippen molar-refractivity contribution < 1.29 is 9.53 Å². The van der Waals surface area contributed by atoms with Crippen LogP contribution in [0.3, 0.4) is 0 Å². The number of hydrogen-bond acceptors (Lipinski definition) is 5. The Morgan fingerprint density at radius 2 is 2.20 bits per heavy atom. The molecule has 106 valence electrons. The van der Waals surface area contributed by atoms with Crippen LogP contribution >= 0.6 is 22.9 Å². The van der Waals surface area contributed by atoms with Gasteiger partial charge in [-0.05, 0) is 37.3 Å². The van der Waals surface area contributed by atoms with Crippen molar-refractivity contribution in [3.63, 3.8) is 0 Å². The molecule has 1 aromatic heterocycles. The molecule has 0 spiro atoms. The van der Waals surface area contributed by atoms with Crippen LogP contribution in [0.1, 0.15) is 22.2 Å². The van der Waals surface area contributed by atoms with Crippen LogP contribution in [0.2, 0.25) is 4.34 Å². The number of thiophene rings is 1. The molecule has 0 aliphatic carbocycles. The highest BCUT2D eigenvalue weighted by molar-refractivity contribution is 7.16. The van der Waals surface area contributed by atoms with Gasteiger partial charge < -0.3 is 15.8 Å². The average molecular weight is 311 g/mol. The van der Waals surface area contributed by atoms with Crippen molar-refractivity contribution in [3.8, 4) is 0 Å². The van der Waals surface area contributed by atoms with Crippen LogP contribution in [0.15, 0.2) is 30.3 Å². The van der Waals surface area contributed by atoms with Crippen LogP contribution in [-0.4, -0.2) is 12.6 Å². The monoisotopic (exact) mass is 310 g/mol. The van der Waals surface area contributed by atoms with Crippen molar-refractivity contribution >= 4 is 40.3 Å². The quantitative estimate of drug-likeness (QED) is 0.651. The van der Waals surface area contributed by atoms with Crippen LogP contribution in [0, 0.1) is 0 Å². The molecule has 2 aromatic rings. The van der Waals surface area contributed by atoms with E-state index in [2.05, 4.69) is 5.32 Å². The third kappa shape index (κ3) is 3.65. The van der Waals surface area contributed by atoms with Crippen molar-refractivity contribution in [1.82, 2.24) is 0 Å². The molecule has 0 bridgehead atoms. The molecule has 6 heteroatoms. The normalized spacial score (nSPS) is 10.3. The first-order chi connectivity index (χ1) is 9.60. The van der Waals surface area contributed by atoms with E-state index in [1.165, 1.54) is 11.3 Å². The Bertz CT molecular complexity index is 613. The molecule has 0 radical (unpaired) electrons. The Hall–Kier alpha value is -1.72. The molecule has 20 heavy (non-hydrogen) atoms. The molecule has 0 aliphatic heterocycles. The van der Waals surface area contributed by atoms with Crippen LogP contribution in [0.4, 0.5) is 11.4 Å². The second-order valence-corrected chi connectivity index (χ2v) is 5.88. The topological polar surface area (TPSA) is 64.3 Å². The number of ether oxygens (including phenoxy) is 1. The fourth-order valence-electron chi connectivity index (χ4n) is 1.68. The van der Waals surface area contributed by atoms with E-state index in [1.807, 2.05) is 12.1 Å². The predicted octanol–water partition coefficient (Wildman–Crippen LogP) is 3.77. The number of carbonyl (C=O) groups is 1. The first-order valence-electron chi connectivity index (χ1n) is 6.15. The van der Waals surface area contributed by atoms with Crippen LogP contribution < -0.4 is 11.1 Å². The first-order valence-corrected chi connectivity index (χ1v) is 7.34. The zero-order valence-electron chi connectivity index (χ0n) is 11.0. The first kappa shape index (κ1) is 14.7. The van der Waals surface area contributed by atoms with Crippen LogP contribution in [0.25, 0.3) is 0 Å². The summed E-state index contributed by atoms with van der Waals surface area (Å²) in [5.74, 6) is -0.352. The van der Waals surface area contributed by atoms with Gasteiger partial charge in [0.1, 0.15) is 0 Å². The van der Waals surface area contributed by atoms with Crippen LogP contribution in [0.5, 0.6) is 0 Å². The van der Waals surface area contributed by atoms with Gasteiger partial charge >= 0.3 is 5.97 Å². The Balaban J connectivity index is 2.10. The molecular weight excluding hydrogens is 296 g/mol. The van der Waals surface area contributed by atoms with E-state index in [0.29, 0.717) is 30.1 Å². The molecule has 3 N–H and O–H groups in total. The minimum absolute atomic E-state index is 0.347. The summed E-state index contributed by atoms with van der Waals surface area (Å²) in [6.45, 7) is 2.72. The third-order valence-corrected chi connectivity index (χ3v) is 3.88. The summed E-state index contributed by atoms with van der Waals surface area (Å²) in [5, 5.41) is 3.20. The molecule has 0 unspecified atom stereocenters. The molecular formula is C14H15ClN2O2S. The smallest absolute Gasteiger partial charge is 0.338 e. The maximum Gasteiger partial charge on any atom is 0.338 e. The van der Waals surface area contributed by atoms with Crippen molar-refractivity contribution in [2.45, 2.75) is 13.5 Å². The third-order valence-electron chi connectivity index (χ3n) is 2.65. The number of nitrogens with one attached hydrogen (secondary N) is 1. The lowest BCUT2D eigenvalue weighted by atomic mass is 10.1. The van der Waals surface area contributed by atoms with E-state index in [0.717, 1.165) is 9.21 Å². The molecule has 4 nitrogen and oxygen atoms in total. The number of anilines is 2. The number of rotatable bonds is 5. The van der Waals surface area contributed by atoms with Gasteiger partial charge in [-0.1, -0.05) is 11.6 Å². The molecule has 0 saturated heterocycles. The molecule has 1 aromatic carbocycles. The van der Waals surface area contributed by atoms with Gasteiger partial charge in [0.15, 0.2) is 0 Å². The number of benzene rings is 1. The van der Waals surface area contributed by atoms with Gasteiger partial charge in [-0.15, -0.1) is 11.3 Å². The summed E-state index contributed by atoms with van der Waals surface area (Å²) in [6, 6.07) is 8.84. The predicted molar refractivity (Wildman–Crippen MR) is 83.5 cm³/mol. The van der Waals surface area contributed by atoms with Gasteiger partial charge in [-0.3, -0.25) is 0 Å². The summed E-state index contributed by atoms with van der Waals surface area (Å²) in [5.41, 5.74) is 7.67.